The molecule has 0 saturated carbocycles. The molecule has 1 amide bonds. The molecule has 4 aromatic rings. The third-order valence-electron chi connectivity index (χ3n) is 5.38. The summed E-state index contributed by atoms with van der Waals surface area (Å²) in [4.78, 5) is 36.4. The molecule has 0 bridgehead atoms. The van der Waals surface area contributed by atoms with Gasteiger partial charge < -0.3 is 19.6 Å². The number of rotatable bonds is 8. The smallest absolute Gasteiger partial charge is 0.336 e. The van der Waals surface area contributed by atoms with Crippen LogP contribution >= 0.6 is 0 Å². The minimum absolute atomic E-state index is 0.151. The zero-order valence-corrected chi connectivity index (χ0v) is 18.4. The number of fused-ring (bicyclic) bond motifs is 1. The van der Waals surface area contributed by atoms with E-state index in [0.717, 1.165) is 22.1 Å². The van der Waals surface area contributed by atoms with Crippen molar-refractivity contribution in [1.29, 1.82) is 0 Å². The third kappa shape index (κ3) is 5.32. The van der Waals surface area contributed by atoms with E-state index in [1.54, 1.807) is 30.3 Å². The molecule has 3 aromatic carbocycles. The summed E-state index contributed by atoms with van der Waals surface area (Å²) in [5.41, 5.74) is 2.22. The van der Waals surface area contributed by atoms with Crippen LogP contribution in [0.3, 0.4) is 0 Å². The number of hydrogen-bond donors (Lipinski definition) is 2. The van der Waals surface area contributed by atoms with Crippen molar-refractivity contribution in [3.63, 3.8) is 0 Å². The first kappa shape index (κ1) is 22.8. The van der Waals surface area contributed by atoms with Crippen molar-refractivity contribution in [3.8, 4) is 16.9 Å². The molecule has 172 valence electrons. The number of nitrogens with one attached hydrogen (secondary N) is 1. The maximum atomic E-state index is 12.6. The van der Waals surface area contributed by atoms with E-state index in [1.807, 2.05) is 48.5 Å². The van der Waals surface area contributed by atoms with Crippen molar-refractivity contribution in [2.45, 2.75) is 25.5 Å². The van der Waals surface area contributed by atoms with Gasteiger partial charge in [-0.25, -0.2) is 9.59 Å². The third-order valence-corrected chi connectivity index (χ3v) is 5.38. The molecule has 4 rings (SSSR count). The van der Waals surface area contributed by atoms with E-state index in [2.05, 4.69) is 5.32 Å². The van der Waals surface area contributed by atoms with Gasteiger partial charge in [-0.1, -0.05) is 60.7 Å². The van der Waals surface area contributed by atoms with Crippen LogP contribution in [0.4, 0.5) is 0 Å². The predicted molar refractivity (Wildman–Crippen MR) is 128 cm³/mol. The molecule has 1 heterocycles. The van der Waals surface area contributed by atoms with E-state index in [-0.39, 0.29) is 6.42 Å². The Kier molecular flexibility index (Phi) is 6.73. The van der Waals surface area contributed by atoms with Gasteiger partial charge in [-0.3, -0.25) is 4.79 Å². The van der Waals surface area contributed by atoms with E-state index < -0.39 is 29.6 Å². The Morgan fingerprint density at radius 3 is 2.32 bits per heavy atom. The van der Waals surface area contributed by atoms with Gasteiger partial charge in [-0.2, -0.15) is 0 Å². The van der Waals surface area contributed by atoms with Gasteiger partial charge in [0, 0.05) is 23.9 Å². The molecule has 34 heavy (non-hydrogen) atoms. The second-order valence-corrected chi connectivity index (χ2v) is 7.85. The number of carboxylic acid groups (broad SMARTS) is 1. The summed E-state index contributed by atoms with van der Waals surface area (Å²) in [6.07, 6.45) is -0.822. The highest BCUT2D eigenvalue weighted by Gasteiger charge is 2.24. The van der Waals surface area contributed by atoms with Gasteiger partial charge in [0.15, 0.2) is 6.10 Å². The average molecular weight is 457 g/mol. The van der Waals surface area contributed by atoms with E-state index in [9.17, 15) is 19.5 Å². The van der Waals surface area contributed by atoms with Crippen molar-refractivity contribution in [2.24, 2.45) is 0 Å². The van der Waals surface area contributed by atoms with E-state index >= 15 is 0 Å². The topological polar surface area (TPSA) is 106 Å². The summed E-state index contributed by atoms with van der Waals surface area (Å²) in [7, 11) is 0. The monoisotopic (exact) mass is 457 g/mol. The zero-order valence-electron chi connectivity index (χ0n) is 18.4. The quantitative estimate of drug-likeness (QED) is 0.387. The molecule has 2 atom stereocenters. The molecule has 0 aliphatic carbocycles. The molecular weight excluding hydrogens is 434 g/mol. The average Bonchev–Trinajstić information content (AvgIpc) is 2.84. The summed E-state index contributed by atoms with van der Waals surface area (Å²) in [5.74, 6) is -1.38. The Hall–Kier alpha value is -4.39. The fourth-order valence-corrected chi connectivity index (χ4v) is 3.67. The van der Waals surface area contributed by atoms with E-state index in [4.69, 9.17) is 9.15 Å². The number of carbonyl (C=O) groups excluding carboxylic acids is 1. The van der Waals surface area contributed by atoms with Gasteiger partial charge in [0.25, 0.3) is 5.91 Å². The first-order chi connectivity index (χ1) is 16.4. The molecule has 0 radical (unpaired) electrons. The summed E-state index contributed by atoms with van der Waals surface area (Å²) in [6.45, 7) is 1.53. The van der Waals surface area contributed by atoms with Gasteiger partial charge in [-0.05, 0) is 35.7 Å². The van der Waals surface area contributed by atoms with Crippen LogP contribution in [0.25, 0.3) is 22.1 Å². The Balaban J connectivity index is 1.51. The molecule has 7 heteroatoms. The van der Waals surface area contributed by atoms with Crippen LogP contribution in [0, 0.1) is 0 Å². The van der Waals surface area contributed by atoms with Crippen LogP contribution in [-0.2, 0) is 16.0 Å². The lowest BCUT2D eigenvalue weighted by molar-refractivity contribution is -0.142. The van der Waals surface area contributed by atoms with Crippen LogP contribution in [0.1, 0.15) is 12.5 Å². The number of ether oxygens (including phenoxy) is 1. The number of hydrogen-bond acceptors (Lipinski definition) is 5. The van der Waals surface area contributed by atoms with Crippen LogP contribution in [0.2, 0.25) is 0 Å². The fraction of sp³-hybridized carbons (Fsp3) is 0.148. The lowest BCUT2D eigenvalue weighted by atomic mass is 10.0. The molecule has 0 aliphatic heterocycles. The standard InChI is InChI=1S/C27H23NO6/c1-17(26(30)28-23(27(31)32)14-18-8-4-2-5-9-18)33-20-12-13-21-22(19-10-6-3-7-11-19)16-25(29)34-24(21)15-20/h2-13,15-17,23H,14H2,1H3,(H,28,30)(H,31,32)/t17-,23+/m1/s1. The number of amides is 1. The number of carbonyl (C=O) groups is 2. The first-order valence-corrected chi connectivity index (χ1v) is 10.8. The first-order valence-electron chi connectivity index (χ1n) is 10.8. The van der Waals surface area contributed by atoms with Crippen molar-refractivity contribution in [3.05, 3.63) is 101 Å². The number of aliphatic carboxylic acids is 1. The second kappa shape index (κ2) is 10.0. The van der Waals surface area contributed by atoms with Crippen molar-refractivity contribution in [2.75, 3.05) is 0 Å². The summed E-state index contributed by atoms with van der Waals surface area (Å²) < 4.78 is 11.1. The van der Waals surface area contributed by atoms with Crippen LogP contribution in [-0.4, -0.2) is 29.1 Å². The molecular formula is C27H23NO6. The van der Waals surface area contributed by atoms with Gasteiger partial charge in [-0.15, -0.1) is 0 Å². The number of carboxylic acids is 1. The molecule has 0 saturated heterocycles. The van der Waals surface area contributed by atoms with Gasteiger partial charge in [0.05, 0.1) is 0 Å². The minimum atomic E-state index is -1.13. The summed E-state index contributed by atoms with van der Waals surface area (Å²) in [5, 5.41) is 12.8. The fourth-order valence-electron chi connectivity index (χ4n) is 3.67. The molecule has 1 aromatic heterocycles. The normalized spacial score (nSPS) is 12.6. The molecule has 2 N–H and O–H groups in total. The highest BCUT2D eigenvalue weighted by molar-refractivity contribution is 5.94. The number of benzene rings is 3. The van der Waals surface area contributed by atoms with Crippen molar-refractivity contribution in [1.82, 2.24) is 5.32 Å². The Morgan fingerprint density at radius 1 is 0.971 bits per heavy atom. The van der Waals surface area contributed by atoms with E-state index in [0.29, 0.717) is 11.3 Å². The van der Waals surface area contributed by atoms with Gasteiger partial charge in [0.1, 0.15) is 17.4 Å². The molecule has 0 unspecified atom stereocenters. The van der Waals surface area contributed by atoms with Crippen LogP contribution in [0.5, 0.6) is 5.75 Å². The Bertz CT molecular complexity index is 1360. The lowest BCUT2D eigenvalue weighted by Crippen LogP contribution is -2.47. The minimum Gasteiger partial charge on any atom is -0.481 e. The summed E-state index contributed by atoms with van der Waals surface area (Å²) >= 11 is 0. The van der Waals surface area contributed by atoms with Crippen LogP contribution in [0.15, 0.2) is 94.1 Å². The van der Waals surface area contributed by atoms with Crippen molar-refractivity contribution >= 4 is 22.8 Å². The van der Waals surface area contributed by atoms with Gasteiger partial charge in [0.2, 0.25) is 0 Å². The van der Waals surface area contributed by atoms with Crippen molar-refractivity contribution < 1.29 is 23.8 Å². The van der Waals surface area contributed by atoms with Crippen LogP contribution < -0.4 is 15.7 Å². The Morgan fingerprint density at radius 2 is 1.65 bits per heavy atom. The Labute approximate surface area is 195 Å². The van der Waals surface area contributed by atoms with E-state index in [1.165, 1.54) is 13.0 Å². The highest BCUT2D eigenvalue weighted by atomic mass is 16.5. The SMILES string of the molecule is C[C@@H](Oc1ccc2c(-c3ccccc3)cc(=O)oc2c1)C(=O)N[C@@H](Cc1ccccc1)C(=O)O. The maximum Gasteiger partial charge on any atom is 0.336 e. The lowest BCUT2D eigenvalue weighted by Gasteiger charge is -2.19. The predicted octanol–water partition coefficient (Wildman–Crippen LogP) is 4.04. The molecule has 0 spiro atoms. The molecule has 0 aliphatic rings. The summed E-state index contributed by atoms with van der Waals surface area (Å²) in [6, 6.07) is 23.8. The largest absolute Gasteiger partial charge is 0.481 e. The van der Waals surface area contributed by atoms with Gasteiger partial charge >= 0.3 is 11.6 Å². The highest BCUT2D eigenvalue weighted by Crippen LogP contribution is 2.29. The molecule has 0 fully saturated rings. The second-order valence-electron chi connectivity index (χ2n) is 7.85. The zero-order chi connectivity index (χ0) is 24.1. The molecule has 7 nitrogen and oxygen atoms in total. The maximum absolute atomic E-state index is 12.6.